The molecule has 0 saturated carbocycles. The molecule has 5 rings (SSSR count). The van der Waals surface area contributed by atoms with Gasteiger partial charge >= 0.3 is 0 Å². The van der Waals surface area contributed by atoms with Crippen molar-refractivity contribution in [3.63, 3.8) is 0 Å². The summed E-state index contributed by atoms with van der Waals surface area (Å²) >= 11 is 0. The average Bonchev–Trinajstić information content (AvgIpc) is 3.39. The van der Waals surface area contributed by atoms with Gasteiger partial charge in [0.1, 0.15) is 5.65 Å². The van der Waals surface area contributed by atoms with Crippen LogP contribution in [0.2, 0.25) is 0 Å². The molecule has 186 valence electrons. The van der Waals surface area contributed by atoms with E-state index < -0.39 is 10.0 Å². The Morgan fingerprint density at radius 1 is 1.17 bits per heavy atom. The van der Waals surface area contributed by atoms with Crippen LogP contribution >= 0.6 is 0 Å². The van der Waals surface area contributed by atoms with E-state index in [4.69, 9.17) is 14.7 Å². The fourth-order valence-electron chi connectivity index (χ4n) is 4.96. The van der Waals surface area contributed by atoms with Gasteiger partial charge in [-0.3, -0.25) is 9.36 Å². The lowest BCUT2D eigenvalue weighted by atomic mass is 10.0. The lowest BCUT2D eigenvalue weighted by Crippen LogP contribution is -2.41. The van der Waals surface area contributed by atoms with E-state index in [1.807, 2.05) is 41.8 Å². The van der Waals surface area contributed by atoms with Gasteiger partial charge in [0.2, 0.25) is 15.6 Å². The fraction of sp³-hybridized carbons (Fsp3) is 0.480. The van der Waals surface area contributed by atoms with Crippen molar-refractivity contribution < 1.29 is 13.2 Å². The molecule has 0 radical (unpaired) electrons. The first kappa shape index (κ1) is 23.9. The number of piperidine rings is 1. The molecule has 2 aliphatic heterocycles. The summed E-state index contributed by atoms with van der Waals surface area (Å²) < 4.78 is 33.6. The van der Waals surface area contributed by atoms with Crippen LogP contribution in [0.15, 0.2) is 46.3 Å². The summed E-state index contributed by atoms with van der Waals surface area (Å²) in [5.74, 6) is 0.112. The highest BCUT2D eigenvalue weighted by Gasteiger charge is 2.27. The topological polar surface area (TPSA) is 110 Å². The Hall–Kier alpha value is -2.82. The number of ether oxygens (including phenoxy) is 1. The Balaban J connectivity index is 1.57. The van der Waals surface area contributed by atoms with Crippen LogP contribution in [-0.4, -0.2) is 65.4 Å². The van der Waals surface area contributed by atoms with Gasteiger partial charge in [-0.15, -0.1) is 0 Å². The quantitative estimate of drug-likeness (QED) is 0.582. The summed E-state index contributed by atoms with van der Waals surface area (Å²) in [5, 5.41) is 0.831. The van der Waals surface area contributed by atoms with Crippen LogP contribution in [0.3, 0.4) is 0 Å². The van der Waals surface area contributed by atoms with Crippen molar-refractivity contribution in [2.45, 2.75) is 45.2 Å². The zero-order valence-corrected chi connectivity index (χ0v) is 20.9. The van der Waals surface area contributed by atoms with Gasteiger partial charge in [-0.05, 0) is 50.3 Å². The van der Waals surface area contributed by atoms with Crippen molar-refractivity contribution in [3.8, 4) is 11.1 Å². The molecule has 10 heteroatoms. The number of aromatic nitrogens is 3. The van der Waals surface area contributed by atoms with Crippen LogP contribution in [-0.2, 0) is 14.8 Å². The van der Waals surface area contributed by atoms with E-state index in [9.17, 15) is 13.2 Å². The molecule has 1 atom stereocenters. The molecule has 3 aromatic rings. The van der Waals surface area contributed by atoms with Crippen LogP contribution in [0.25, 0.3) is 22.2 Å². The normalized spacial score (nSPS) is 20.6. The summed E-state index contributed by atoms with van der Waals surface area (Å²) in [4.78, 5) is 25.9. The van der Waals surface area contributed by atoms with Gasteiger partial charge in [0.05, 0.1) is 24.4 Å². The number of nitrogens with one attached hydrogen (secondary N) is 1. The molecule has 0 bridgehead atoms. The minimum Gasteiger partial charge on any atom is -0.379 e. The summed E-state index contributed by atoms with van der Waals surface area (Å²) in [6, 6.07) is 9.71. The predicted octanol–water partition coefficient (Wildman–Crippen LogP) is 2.38. The van der Waals surface area contributed by atoms with E-state index in [0.717, 1.165) is 22.9 Å². The van der Waals surface area contributed by atoms with Gasteiger partial charge in [0.15, 0.2) is 0 Å². The highest BCUT2D eigenvalue weighted by Crippen LogP contribution is 2.25. The maximum Gasteiger partial charge on any atom is 0.257 e. The van der Waals surface area contributed by atoms with Crippen LogP contribution in [0.5, 0.6) is 0 Å². The highest BCUT2D eigenvalue weighted by atomic mass is 32.2. The second-order valence-corrected chi connectivity index (χ2v) is 11.5. The Kier molecular flexibility index (Phi) is 6.61. The number of aryl methyl sites for hydroxylation is 1. The number of pyridine rings is 1. The predicted molar refractivity (Wildman–Crippen MR) is 135 cm³/mol. The third kappa shape index (κ3) is 4.70. The van der Waals surface area contributed by atoms with Gasteiger partial charge in [0.25, 0.3) is 5.56 Å². The molecule has 1 aromatic carbocycles. The number of sulfonamides is 1. The van der Waals surface area contributed by atoms with E-state index >= 15 is 0 Å². The van der Waals surface area contributed by atoms with E-state index in [2.05, 4.69) is 4.98 Å². The molecule has 2 saturated heterocycles. The van der Waals surface area contributed by atoms with Crippen molar-refractivity contribution in [1.29, 1.82) is 0 Å². The largest absolute Gasteiger partial charge is 0.379 e. The monoisotopic (exact) mass is 497 g/mol. The van der Waals surface area contributed by atoms with E-state index in [0.29, 0.717) is 56.0 Å². The number of fused-ring (bicyclic) bond motifs is 1. The molecule has 0 aliphatic carbocycles. The SMILES string of the molecule is CCS(=O)(=O)N1CCC(N=c2ncc3cc(-c4ccccc4C)c(=O)[nH]c3n2C2CCOC2)CC1. The lowest BCUT2D eigenvalue weighted by molar-refractivity contribution is 0.186. The second kappa shape index (κ2) is 9.67. The van der Waals surface area contributed by atoms with Crippen molar-refractivity contribution in [2.24, 2.45) is 4.99 Å². The average molecular weight is 498 g/mol. The van der Waals surface area contributed by atoms with Crippen LogP contribution in [0.1, 0.15) is 37.8 Å². The Morgan fingerprint density at radius 2 is 1.94 bits per heavy atom. The third-order valence-electron chi connectivity index (χ3n) is 7.01. The van der Waals surface area contributed by atoms with Crippen LogP contribution in [0, 0.1) is 6.92 Å². The van der Waals surface area contributed by atoms with Crippen LogP contribution < -0.4 is 11.2 Å². The fourth-order valence-corrected chi connectivity index (χ4v) is 6.09. The van der Waals surface area contributed by atoms with Gasteiger partial charge in [0, 0.05) is 36.8 Å². The molecule has 0 amide bonds. The Labute approximate surface area is 204 Å². The number of H-pyrrole nitrogens is 1. The summed E-state index contributed by atoms with van der Waals surface area (Å²) in [7, 11) is -3.19. The number of nitrogens with zero attached hydrogens (tertiary/aromatic N) is 4. The summed E-state index contributed by atoms with van der Waals surface area (Å²) in [6.45, 7) is 5.76. The molecule has 35 heavy (non-hydrogen) atoms. The smallest absolute Gasteiger partial charge is 0.257 e. The molecule has 2 fully saturated rings. The molecule has 1 unspecified atom stereocenters. The minimum absolute atomic E-state index is 0.0190. The number of hydrogen-bond donors (Lipinski definition) is 1. The van der Waals surface area contributed by atoms with Gasteiger partial charge < -0.3 is 9.72 Å². The first-order chi connectivity index (χ1) is 16.9. The zero-order valence-electron chi connectivity index (χ0n) is 20.1. The Morgan fingerprint density at radius 3 is 2.63 bits per heavy atom. The van der Waals surface area contributed by atoms with Crippen LogP contribution in [0.4, 0.5) is 0 Å². The molecule has 2 aromatic heterocycles. The van der Waals surface area contributed by atoms with E-state index in [1.165, 1.54) is 0 Å². The summed E-state index contributed by atoms with van der Waals surface area (Å²) in [5.41, 5.74) is 3.61. The highest BCUT2D eigenvalue weighted by molar-refractivity contribution is 7.89. The first-order valence-electron chi connectivity index (χ1n) is 12.2. The standard InChI is InChI=1S/C25H31N5O4S/c1-3-35(32,33)29-11-8-19(9-12-29)27-25-26-15-18-14-22(21-7-5-4-6-17(21)2)24(31)28-23(18)30(25)20-10-13-34-16-20/h4-7,14-15,19-20H,3,8-13,16H2,1-2H3,(H,28,31). The van der Waals surface area contributed by atoms with Crippen molar-refractivity contribution in [1.82, 2.24) is 18.8 Å². The third-order valence-corrected chi connectivity index (χ3v) is 8.89. The molecule has 9 nitrogen and oxygen atoms in total. The number of benzene rings is 1. The second-order valence-electron chi connectivity index (χ2n) is 9.24. The molecule has 0 spiro atoms. The molecule has 4 heterocycles. The first-order valence-corrected chi connectivity index (χ1v) is 13.8. The maximum absolute atomic E-state index is 13.2. The molecule has 1 N–H and O–H groups in total. The summed E-state index contributed by atoms with van der Waals surface area (Å²) in [6.07, 6.45) is 3.85. The Bertz CT molecular complexity index is 1460. The van der Waals surface area contributed by atoms with Crippen molar-refractivity contribution in [3.05, 3.63) is 58.1 Å². The minimum atomic E-state index is -3.19. The number of hydrogen-bond acceptors (Lipinski definition) is 6. The number of aromatic amines is 1. The van der Waals surface area contributed by atoms with Gasteiger partial charge in [-0.2, -0.15) is 0 Å². The molecular formula is C25H31N5O4S. The van der Waals surface area contributed by atoms with Gasteiger partial charge in [-0.1, -0.05) is 24.3 Å². The van der Waals surface area contributed by atoms with E-state index in [1.54, 1.807) is 17.4 Å². The lowest BCUT2D eigenvalue weighted by Gasteiger charge is -2.29. The van der Waals surface area contributed by atoms with E-state index in [-0.39, 0.29) is 23.4 Å². The molecule has 2 aliphatic rings. The molecular weight excluding hydrogens is 466 g/mol. The maximum atomic E-state index is 13.2. The van der Waals surface area contributed by atoms with Crippen molar-refractivity contribution in [2.75, 3.05) is 32.1 Å². The zero-order chi connectivity index (χ0) is 24.6. The number of rotatable bonds is 5. The van der Waals surface area contributed by atoms with Gasteiger partial charge in [-0.25, -0.2) is 22.7 Å². The van der Waals surface area contributed by atoms with Crippen molar-refractivity contribution >= 4 is 21.1 Å².